The molecule has 3 nitrogen and oxygen atoms in total. The molecule has 0 fully saturated rings. The zero-order valence-electron chi connectivity index (χ0n) is 10.7. The second kappa shape index (κ2) is 6.78. The van der Waals surface area contributed by atoms with Crippen LogP contribution in [-0.2, 0) is 4.79 Å². The highest BCUT2D eigenvalue weighted by molar-refractivity contribution is 8.00. The first-order chi connectivity index (χ1) is 9.95. The van der Waals surface area contributed by atoms with E-state index in [1.165, 1.54) is 17.8 Å². The number of benzene rings is 2. The topological polar surface area (TPSA) is 55.1 Å². The molecule has 0 aliphatic heterocycles. The number of hydrogen-bond acceptors (Lipinski definition) is 3. The van der Waals surface area contributed by atoms with Gasteiger partial charge in [-0.15, -0.1) is 11.8 Å². The van der Waals surface area contributed by atoms with Gasteiger partial charge in [-0.05, 0) is 30.3 Å². The standard InChI is InChI=1S/C14H11ClF2N2OS/c15-10-3-2-9(18)6-13(10)21-7-14(20)19-12-4-1-8(16)5-11(12)17/h1-6H,7,18H2,(H,19,20). The van der Waals surface area contributed by atoms with Crippen LogP contribution in [0.15, 0.2) is 41.3 Å². The smallest absolute Gasteiger partial charge is 0.234 e. The summed E-state index contributed by atoms with van der Waals surface area (Å²) in [4.78, 5) is 12.4. The van der Waals surface area contributed by atoms with E-state index in [2.05, 4.69) is 5.32 Å². The highest BCUT2D eigenvalue weighted by atomic mass is 35.5. The van der Waals surface area contributed by atoms with Gasteiger partial charge in [0.05, 0.1) is 16.5 Å². The maximum absolute atomic E-state index is 13.4. The number of nitrogens with two attached hydrogens (primary N) is 1. The number of hydrogen-bond donors (Lipinski definition) is 2. The van der Waals surface area contributed by atoms with Gasteiger partial charge in [0.25, 0.3) is 0 Å². The molecule has 0 radical (unpaired) electrons. The lowest BCUT2D eigenvalue weighted by atomic mass is 10.3. The summed E-state index contributed by atoms with van der Waals surface area (Å²) in [6.45, 7) is 0. The van der Waals surface area contributed by atoms with Crippen molar-refractivity contribution in [3.8, 4) is 0 Å². The molecule has 0 heterocycles. The number of amides is 1. The Morgan fingerprint density at radius 1 is 1.24 bits per heavy atom. The molecule has 2 aromatic rings. The summed E-state index contributed by atoms with van der Waals surface area (Å²) in [6, 6.07) is 7.88. The van der Waals surface area contributed by atoms with Gasteiger partial charge in [0.1, 0.15) is 11.6 Å². The Kier molecular flexibility index (Phi) is 5.03. The molecule has 0 saturated heterocycles. The molecule has 0 aliphatic rings. The Hall–Kier alpha value is -1.79. The average molecular weight is 329 g/mol. The maximum atomic E-state index is 13.4. The summed E-state index contributed by atoms with van der Waals surface area (Å²) in [5, 5.41) is 2.85. The quantitative estimate of drug-likeness (QED) is 0.660. The van der Waals surface area contributed by atoms with Crippen molar-refractivity contribution in [1.82, 2.24) is 0 Å². The maximum Gasteiger partial charge on any atom is 0.234 e. The van der Waals surface area contributed by atoms with Crippen LogP contribution in [0, 0.1) is 11.6 Å². The molecule has 2 rings (SSSR count). The Labute approximate surface area is 129 Å². The zero-order valence-corrected chi connectivity index (χ0v) is 12.3. The van der Waals surface area contributed by atoms with Crippen molar-refractivity contribution in [3.63, 3.8) is 0 Å². The highest BCUT2D eigenvalue weighted by Gasteiger charge is 2.10. The molecule has 0 spiro atoms. The number of carbonyl (C=O) groups excluding carboxylic acids is 1. The van der Waals surface area contributed by atoms with Gasteiger partial charge in [-0.25, -0.2) is 8.78 Å². The summed E-state index contributed by atoms with van der Waals surface area (Å²) in [5.41, 5.74) is 6.10. The van der Waals surface area contributed by atoms with Crippen LogP contribution in [0.3, 0.4) is 0 Å². The predicted molar refractivity (Wildman–Crippen MR) is 81.6 cm³/mol. The number of nitrogen functional groups attached to an aromatic ring is 1. The first-order valence-electron chi connectivity index (χ1n) is 5.88. The van der Waals surface area contributed by atoms with E-state index in [0.29, 0.717) is 21.7 Å². The minimum absolute atomic E-state index is 0.0278. The molecule has 21 heavy (non-hydrogen) atoms. The van der Waals surface area contributed by atoms with Crippen LogP contribution in [0.4, 0.5) is 20.2 Å². The van der Waals surface area contributed by atoms with Crippen LogP contribution in [0.2, 0.25) is 5.02 Å². The summed E-state index contributed by atoms with van der Waals surface area (Å²) < 4.78 is 26.1. The van der Waals surface area contributed by atoms with Gasteiger partial charge in [-0.3, -0.25) is 4.79 Å². The molecule has 110 valence electrons. The highest BCUT2D eigenvalue weighted by Crippen LogP contribution is 2.29. The van der Waals surface area contributed by atoms with Crippen molar-refractivity contribution in [2.24, 2.45) is 0 Å². The first kappa shape index (κ1) is 15.6. The van der Waals surface area contributed by atoms with Gasteiger partial charge < -0.3 is 11.1 Å². The third-order valence-corrected chi connectivity index (χ3v) is 4.02. The summed E-state index contributed by atoms with van der Waals surface area (Å²) >= 11 is 7.15. The normalized spacial score (nSPS) is 10.4. The van der Waals surface area contributed by atoms with Gasteiger partial charge >= 0.3 is 0 Å². The van der Waals surface area contributed by atoms with Crippen LogP contribution in [0.5, 0.6) is 0 Å². The fourth-order valence-electron chi connectivity index (χ4n) is 1.55. The van der Waals surface area contributed by atoms with E-state index in [4.69, 9.17) is 17.3 Å². The fourth-order valence-corrected chi connectivity index (χ4v) is 2.62. The van der Waals surface area contributed by atoms with Gasteiger partial charge in [0, 0.05) is 16.6 Å². The third kappa shape index (κ3) is 4.34. The summed E-state index contributed by atoms with van der Waals surface area (Å²) in [5.74, 6) is -1.93. The predicted octanol–water partition coefficient (Wildman–Crippen LogP) is 3.93. The van der Waals surface area contributed by atoms with Gasteiger partial charge in [0.15, 0.2) is 0 Å². The zero-order chi connectivity index (χ0) is 15.4. The van der Waals surface area contributed by atoms with Crippen LogP contribution in [0.25, 0.3) is 0 Å². The van der Waals surface area contributed by atoms with Gasteiger partial charge in [-0.2, -0.15) is 0 Å². The van der Waals surface area contributed by atoms with Crippen molar-refractivity contribution < 1.29 is 13.6 Å². The number of carbonyl (C=O) groups is 1. The largest absolute Gasteiger partial charge is 0.399 e. The number of anilines is 2. The van der Waals surface area contributed by atoms with E-state index in [0.717, 1.165) is 6.07 Å². The number of rotatable bonds is 4. The second-order valence-electron chi connectivity index (χ2n) is 4.15. The SMILES string of the molecule is Nc1ccc(Cl)c(SCC(=O)Nc2ccc(F)cc2F)c1. The molecule has 1 amide bonds. The molecule has 0 saturated carbocycles. The molecule has 0 atom stereocenters. The molecule has 0 aromatic heterocycles. The van der Waals surface area contributed by atoms with Crippen molar-refractivity contribution in [1.29, 1.82) is 0 Å². The van der Waals surface area contributed by atoms with Crippen LogP contribution < -0.4 is 11.1 Å². The minimum Gasteiger partial charge on any atom is -0.399 e. The lowest BCUT2D eigenvalue weighted by Crippen LogP contribution is -2.15. The van der Waals surface area contributed by atoms with Crippen molar-refractivity contribution in [2.45, 2.75) is 4.90 Å². The third-order valence-electron chi connectivity index (χ3n) is 2.52. The molecule has 0 unspecified atom stereocenters. The molecule has 2 aromatic carbocycles. The van der Waals surface area contributed by atoms with E-state index in [1.807, 2.05) is 0 Å². The van der Waals surface area contributed by atoms with Crippen LogP contribution >= 0.6 is 23.4 Å². The van der Waals surface area contributed by atoms with Crippen molar-refractivity contribution in [2.75, 3.05) is 16.8 Å². The molecule has 0 aliphatic carbocycles. The number of thioether (sulfide) groups is 1. The van der Waals surface area contributed by atoms with E-state index < -0.39 is 17.5 Å². The molecular weight excluding hydrogens is 318 g/mol. The Morgan fingerprint density at radius 2 is 2.00 bits per heavy atom. The summed E-state index contributed by atoms with van der Waals surface area (Å²) in [6.07, 6.45) is 0. The Bertz CT molecular complexity index is 682. The summed E-state index contributed by atoms with van der Waals surface area (Å²) in [7, 11) is 0. The lowest BCUT2D eigenvalue weighted by Gasteiger charge is -2.07. The molecule has 0 bridgehead atoms. The van der Waals surface area contributed by atoms with E-state index >= 15 is 0 Å². The van der Waals surface area contributed by atoms with Crippen LogP contribution in [-0.4, -0.2) is 11.7 Å². The minimum atomic E-state index is -0.824. The van der Waals surface area contributed by atoms with Gasteiger partial charge in [0.2, 0.25) is 5.91 Å². The molecule has 7 heteroatoms. The first-order valence-corrected chi connectivity index (χ1v) is 7.25. The van der Waals surface area contributed by atoms with E-state index in [9.17, 15) is 13.6 Å². The van der Waals surface area contributed by atoms with Crippen molar-refractivity contribution in [3.05, 3.63) is 53.1 Å². The number of nitrogens with one attached hydrogen (secondary N) is 1. The lowest BCUT2D eigenvalue weighted by molar-refractivity contribution is -0.113. The molecular formula is C14H11ClF2N2OS. The molecule has 3 N–H and O–H groups in total. The Morgan fingerprint density at radius 3 is 2.71 bits per heavy atom. The average Bonchev–Trinajstić information content (AvgIpc) is 2.43. The van der Waals surface area contributed by atoms with E-state index in [-0.39, 0.29) is 11.4 Å². The number of halogens is 3. The van der Waals surface area contributed by atoms with Gasteiger partial charge in [-0.1, -0.05) is 11.6 Å². The fraction of sp³-hybridized carbons (Fsp3) is 0.0714. The van der Waals surface area contributed by atoms with Crippen LogP contribution in [0.1, 0.15) is 0 Å². The Balaban J connectivity index is 1.97. The van der Waals surface area contributed by atoms with Crippen molar-refractivity contribution >= 4 is 40.6 Å². The second-order valence-corrected chi connectivity index (χ2v) is 5.58. The monoisotopic (exact) mass is 328 g/mol. The van der Waals surface area contributed by atoms with E-state index in [1.54, 1.807) is 18.2 Å².